The number of halogens is 3. The Morgan fingerprint density at radius 1 is 1.05 bits per heavy atom. The second-order valence-corrected chi connectivity index (χ2v) is 10.5. The molecular formula is C26H34F3N5O7. The summed E-state index contributed by atoms with van der Waals surface area (Å²) in [5, 5.41) is 13.2. The number of alkyl halides is 3. The number of amides is 3. The predicted octanol–water partition coefficient (Wildman–Crippen LogP) is 0.838. The van der Waals surface area contributed by atoms with E-state index in [0.29, 0.717) is 0 Å². The Hall–Kier alpha value is -3.85. The first-order valence-electron chi connectivity index (χ1n) is 12.8. The topological polar surface area (TPSA) is 202 Å². The van der Waals surface area contributed by atoms with Gasteiger partial charge < -0.3 is 32.1 Å². The summed E-state index contributed by atoms with van der Waals surface area (Å²) in [6, 6.07) is 3.68. The van der Waals surface area contributed by atoms with Gasteiger partial charge in [0, 0.05) is 17.8 Å². The molecule has 1 unspecified atom stereocenters. The van der Waals surface area contributed by atoms with Crippen molar-refractivity contribution >= 4 is 40.9 Å². The van der Waals surface area contributed by atoms with E-state index in [9.17, 15) is 41.9 Å². The Balaban J connectivity index is 2.60. The quantitative estimate of drug-likeness (QED) is 0.233. The molecule has 0 saturated carbocycles. The number of ketones is 2. The number of carboxylic acids is 1. The zero-order chi connectivity index (χ0) is 31.5. The van der Waals surface area contributed by atoms with Crippen LogP contribution in [0.2, 0.25) is 0 Å². The number of hydrogen-bond acceptors (Lipinski definition) is 8. The minimum absolute atomic E-state index is 0.0151. The lowest BCUT2D eigenvalue weighted by Gasteiger charge is -2.43. The van der Waals surface area contributed by atoms with Gasteiger partial charge in [-0.2, -0.15) is 13.2 Å². The van der Waals surface area contributed by atoms with Gasteiger partial charge in [0.1, 0.15) is 12.1 Å². The number of aliphatic carboxylic acids is 1. The van der Waals surface area contributed by atoms with Crippen molar-refractivity contribution < 1.29 is 47.0 Å². The normalized spacial score (nSPS) is 19.4. The molecule has 1 aliphatic heterocycles. The fourth-order valence-corrected chi connectivity index (χ4v) is 4.56. The number of carboxylic acid groups (broad SMARTS) is 1. The number of nitrogens with one attached hydrogen (secondary N) is 2. The molecule has 41 heavy (non-hydrogen) atoms. The molecule has 1 fully saturated rings. The van der Waals surface area contributed by atoms with Crippen LogP contribution in [0.4, 0.5) is 18.9 Å². The van der Waals surface area contributed by atoms with Crippen molar-refractivity contribution in [2.45, 2.75) is 63.8 Å². The summed E-state index contributed by atoms with van der Waals surface area (Å²) < 4.78 is 41.0. The van der Waals surface area contributed by atoms with Gasteiger partial charge in [-0.25, -0.2) is 0 Å². The van der Waals surface area contributed by atoms with Gasteiger partial charge in [-0.05, 0) is 48.9 Å². The van der Waals surface area contributed by atoms with Crippen molar-refractivity contribution in [2.24, 2.45) is 23.3 Å². The van der Waals surface area contributed by atoms with Crippen molar-refractivity contribution in [2.75, 3.05) is 18.4 Å². The van der Waals surface area contributed by atoms with Crippen molar-refractivity contribution in [3.63, 3.8) is 0 Å². The summed E-state index contributed by atoms with van der Waals surface area (Å²) >= 11 is 0. The molecule has 0 aromatic heterocycles. The van der Waals surface area contributed by atoms with Gasteiger partial charge in [-0.3, -0.25) is 28.8 Å². The first kappa shape index (κ1) is 33.4. The van der Waals surface area contributed by atoms with E-state index in [2.05, 4.69) is 10.6 Å². The maximum atomic E-state index is 14.1. The molecule has 7 N–H and O–H groups in total. The number of anilines is 1. The number of carbonyl (C=O) groups is 6. The van der Waals surface area contributed by atoms with Crippen LogP contribution in [0, 0.1) is 11.8 Å². The zero-order valence-electron chi connectivity index (χ0n) is 23.0. The van der Waals surface area contributed by atoms with Crippen molar-refractivity contribution in [1.29, 1.82) is 0 Å². The molecule has 0 spiro atoms. The average molecular weight is 586 g/mol. The molecule has 1 aromatic rings. The minimum atomic E-state index is -5.52. The number of nitrogens with two attached hydrogens (primary N) is 2. The zero-order valence-corrected chi connectivity index (χ0v) is 23.0. The number of nitrogens with zero attached hydrogens (tertiary/aromatic N) is 1. The lowest BCUT2D eigenvalue weighted by atomic mass is 9.70. The molecule has 1 heterocycles. The third kappa shape index (κ3) is 6.56. The van der Waals surface area contributed by atoms with Crippen LogP contribution < -0.4 is 22.1 Å². The second kappa shape index (κ2) is 12.3. The van der Waals surface area contributed by atoms with Crippen LogP contribution in [0.1, 0.15) is 50.9 Å². The van der Waals surface area contributed by atoms with Crippen molar-refractivity contribution in [1.82, 2.24) is 10.2 Å². The lowest BCUT2D eigenvalue weighted by Crippen LogP contribution is -2.74. The smallest absolute Gasteiger partial charge is 0.452 e. The Morgan fingerprint density at radius 3 is 2.07 bits per heavy atom. The SMILES string of the molecule is CC(C)[C@H](N)C(=O)N1CCC[C@@]1(C(=O)Nc1ccc(C(=O)NCC(=O)O)cc1)C(=O)C(N)(C(=O)C(F)(F)F)C(C)C. The van der Waals surface area contributed by atoms with Gasteiger partial charge >= 0.3 is 12.1 Å². The van der Waals surface area contributed by atoms with E-state index >= 15 is 0 Å². The fraction of sp³-hybridized carbons (Fsp3) is 0.538. The Labute approximate surface area is 234 Å². The minimum Gasteiger partial charge on any atom is -0.480 e. The van der Waals surface area contributed by atoms with Gasteiger partial charge in [0.05, 0.1) is 6.04 Å². The van der Waals surface area contributed by atoms with E-state index in [-0.39, 0.29) is 24.2 Å². The van der Waals surface area contributed by atoms with Crippen LogP contribution in [0.3, 0.4) is 0 Å². The third-order valence-corrected chi connectivity index (χ3v) is 7.13. The summed E-state index contributed by atoms with van der Waals surface area (Å²) in [6.45, 7) is 4.60. The van der Waals surface area contributed by atoms with Gasteiger partial charge in [0.15, 0.2) is 11.3 Å². The molecule has 15 heteroatoms. The van der Waals surface area contributed by atoms with Crippen LogP contribution in [-0.2, 0) is 24.0 Å². The number of rotatable bonds is 11. The highest BCUT2D eigenvalue weighted by atomic mass is 19.4. The van der Waals surface area contributed by atoms with Crippen LogP contribution in [-0.4, -0.2) is 81.6 Å². The summed E-state index contributed by atoms with van der Waals surface area (Å²) in [5.41, 5.74) is 6.15. The maximum absolute atomic E-state index is 14.1. The summed E-state index contributed by atoms with van der Waals surface area (Å²) in [7, 11) is 0. The standard InChI is InChI=1S/C26H34F3N5O7/c1-13(2)18(30)20(38)34-11-5-10-24(34,21(39)25(31,14(3)4)22(40)26(27,28)29)23(41)33-16-8-6-15(7-9-16)19(37)32-12-17(35)36/h6-9,13-14,18H,5,10-12,30-31H2,1-4H3,(H,32,37)(H,33,41)(H,35,36)/t18-,24-,25?/m0/s1. The van der Waals surface area contributed by atoms with Crippen molar-refractivity contribution in [3.8, 4) is 0 Å². The molecule has 3 atom stereocenters. The molecular weight excluding hydrogens is 551 g/mol. The van der Waals surface area contributed by atoms with Crippen molar-refractivity contribution in [3.05, 3.63) is 29.8 Å². The fourth-order valence-electron chi connectivity index (χ4n) is 4.56. The molecule has 3 amide bonds. The van der Waals surface area contributed by atoms with Gasteiger partial charge in [-0.15, -0.1) is 0 Å². The number of likely N-dealkylation sites (tertiary alicyclic amines) is 1. The van der Waals surface area contributed by atoms with Crippen LogP contribution in [0.5, 0.6) is 0 Å². The molecule has 1 aromatic carbocycles. The second-order valence-electron chi connectivity index (χ2n) is 10.5. The monoisotopic (exact) mass is 585 g/mol. The summed E-state index contributed by atoms with van der Waals surface area (Å²) in [5.74, 6) is -10.1. The van der Waals surface area contributed by atoms with Gasteiger partial charge in [0.2, 0.25) is 5.91 Å². The van der Waals surface area contributed by atoms with E-state index in [1.54, 1.807) is 13.8 Å². The van der Waals surface area contributed by atoms with E-state index in [4.69, 9.17) is 16.6 Å². The maximum Gasteiger partial charge on any atom is 0.452 e. The van der Waals surface area contributed by atoms with Gasteiger partial charge in [0.25, 0.3) is 17.6 Å². The molecule has 0 aliphatic carbocycles. The number of carbonyl (C=O) groups excluding carboxylic acids is 5. The largest absolute Gasteiger partial charge is 0.480 e. The lowest BCUT2D eigenvalue weighted by molar-refractivity contribution is -0.182. The highest BCUT2D eigenvalue weighted by molar-refractivity contribution is 6.27. The van der Waals surface area contributed by atoms with E-state index in [0.717, 1.165) is 18.7 Å². The number of benzene rings is 1. The van der Waals surface area contributed by atoms with Gasteiger partial charge in [-0.1, -0.05) is 27.7 Å². The summed E-state index contributed by atoms with van der Waals surface area (Å²) in [4.78, 5) is 77.5. The molecule has 12 nitrogen and oxygen atoms in total. The summed E-state index contributed by atoms with van der Waals surface area (Å²) in [6.07, 6.45) is -5.93. The molecule has 2 rings (SSSR count). The number of Topliss-reactive ketones (excluding diaryl/α,β-unsaturated/α-hetero) is 2. The molecule has 226 valence electrons. The van der Waals surface area contributed by atoms with E-state index in [1.165, 1.54) is 24.3 Å². The molecule has 1 saturated heterocycles. The average Bonchev–Trinajstić information content (AvgIpc) is 3.35. The molecule has 1 aliphatic rings. The predicted molar refractivity (Wildman–Crippen MR) is 139 cm³/mol. The highest BCUT2D eigenvalue weighted by Gasteiger charge is 2.66. The number of hydrogen-bond donors (Lipinski definition) is 5. The van der Waals surface area contributed by atoms with E-state index in [1.807, 2.05) is 0 Å². The Bertz CT molecular complexity index is 1220. The molecule has 0 bridgehead atoms. The highest BCUT2D eigenvalue weighted by Crippen LogP contribution is 2.39. The Kier molecular flexibility index (Phi) is 10.0. The Morgan fingerprint density at radius 2 is 1.61 bits per heavy atom. The third-order valence-electron chi connectivity index (χ3n) is 7.13. The first-order chi connectivity index (χ1) is 18.8. The first-order valence-corrected chi connectivity index (χ1v) is 12.8. The van der Waals surface area contributed by atoms with E-state index < -0.39 is 83.4 Å². The van der Waals surface area contributed by atoms with Crippen LogP contribution in [0.25, 0.3) is 0 Å². The molecule has 0 radical (unpaired) electrons. The van der Waals surface area contributed by atoms with Crippen LogP contribution >= 0.6 is 0 Å². The van der Waals surface area contributed by atoms with Crippen LogP contribution in [0.15, 0.2) is 24.3 Å².